The highest BCUT2D eigenvalue weighted by Crippen LogP contribution is 2.27. The van der Waals surface area contributed by atoms with E-state index in [9.17, 15) is 0 Å². The van der Waals surface area contributed by atoms with Gasteiger partial charge in [-0.3, -0.25) is 0 Å². The van der Waals surface area contributed by atoms with E-state index >= 15 is 0 Å². The highest BCUT2D eigenvalue weighted by atomic mass is 79.9. The third-order valence-electron chi connectivity index (χ3n) is 1.62. The van der Waals surface area contributed by atoms with Crippen molar-refractivity contribution in [2.75, 3.05) is 5.33 Å². The van der Waals surface area contributed by atoms with Crippen LogP contribution in [0, 0.1) is 0 Å². The summed E-state index contributed by atoms with van der Waals surface area (Å²) < 4.78 is 0. The molecule has 0 N–H and O–H groups in total. The van der Waals surface area contributed by atoms with E-state index in [4.69, 9.17) is 0 Å². The molecule has 0 atom stereocenters. The summed E-state index contributed by atoms with van der Waals surface area (Å²) in [6, 6.07) is 0. The predicted octanol–water partition coefficient (Wildman–Crippen LogP) is 3.60. The minimum Gasteiger partial charge on any atom is -0.0928 e. The van der Waals surface area contributed by atoms with Crippen molar-refractivity contribution in [1.82, 2.24) is 0 Å². The van der Waals surface area contributed by atoms with E-state index < -0.39 is 0 Å². The van der Waals surface area contributed by atoms with Gasteiger partial charge < -0.3 is 0 Å². The molecule has 0 aromatic rings. The third kappa shape index (κ3) is 2.66. The van der Waals surface area contributed by atoms with Crippen LogP contribution in [0.5, 0.6) is 0 Å². The van der Waals surface area contributed by atoms with Crippen LogP contribution in [0.25, 0.3) is 0 Å². The first-order valence-corrected chi connectivity index (χ1v) is 5.12. The van der Waals surface area contributed by atoms with Gasteiger partial charge in [-0.15, -0.1) is 0 Å². The molecular weight excluding hydrogens is 200 g/mol. The van der Waals surface area contributed by atoms with Crippen molar-refractivity contribution < 1.29 is 0 Å². The lowest BCUT2D eigenvalue weighted by atomic mass is 10.3. The van der Waals surface area contributed by atoms with Gasteiger partial charge in [-0.1, -0.05) is 47.2 Å². The average Bonchev–Trinajstić information content (AvgIpc) is 2.67. The lowest BCUT2D eigenvalue weighted by molar-refractivity contribution is 1.12. The van der Waals surface area contributed by atoms with Crippen molar-refractivity contribution in [3.05, 3.63) is 35.5 Å². The van der Waals surface area contributed by atoms with Crippen LogP contribution >= 0.6 is 15.9 Å². The Balaban J connectivity index is 0.000000134. The van der Waals surface area contributed by atoms with Crippen LogP contribution in [0.3, 0.4) is 0 Å². The number of hydrogen-bond acceptors (Lipinski definition) is 0. The summed E-state index contributed by atoms with van der Waals surface area (Å²) in [7, 11) is 0. The zero-order valence-corrected chi connectivity index (χ0v) is 8.39. The van der Waals surface area contributed by atoms with Crippen LogP contribution in [0.2, 0.25) is 0 Å². The third-order valence-corrected chi connectivity index (χ3v) is 2.41. The molecule has 0 aromatic carbocycles. The normalized spacial score (nSPS) is 17.3. The number of fused-ring (bicyclic) bond motifs is 2. The quantitative estimate of drug-likeness (QED) is 0.583. The Bertz CT molecular complexity index is 187. The molecule has 0 fully saturated rings. The number of alkyl halides is 1. The molecule has 2 rings (SSSR count). The van der Waals surface area contributed by atoms with E-state index in [2.05, 4.69) is 47.2 Å². The van der Waals surface area contributed by atoms with Crippen LogP contribution in [-0.2, 0) is 0 Å². The molecule has 0 spiro atoms. The summed E-state index contributed by atoms with van der Waals surface area (Å²) in [5, 5.41) is 1.13. The molecule has 0 aliphatic heterocycles. The molecular formula is C10H13Br. The van der Waals surface area contributed by atoms with E-state index in [1.54, 1.807) is 0 Å². The molecule has 0 aromatic heterocycles. The number of allylic oxidation sites excluding steroid dienone is 6. The van der Waals surface area contributed by atoms with Crippen LogP contribution in [-0.4, -0.2) is 5.33 Å². The first-order chi connectivity index (χ1) is 5.36. The smallest absolute Gasteiger partial charge is 0.00286 e. The zero-order valence-electron chi connectivity index (χ0n) is 6.81. The molecule has 1 heteroatoms. The standard InChI is InChI=1S/C7H6.C3H7Br/c1-2-7-4-3-6(1)5-7;1-2-3-4/h1-4H,5H2;2-3H2,1H3. The Labute approximate surface area is 76.8 Å². The fourth-order valence-electron chi connectivity index (χ4n) is 1.01. The van der Waals surface area contributed by atoms with Gasteiger partial charge in [0.2, 0.25) is 0 Å². The van der Waals surface area contributed by atoms with Crippen molar-refractivity contribution in [1.29, 1.82) is 0 Å². The predicted molar refractivity (Wildman–Crippen MR) is 54.0 cm³/mol. The fraction of sp³-hybridized carbons (Fsp3) is 0.400. The van der Waals surface area contributed by atoms with E-state index in [0.717, 1.165) is 5.33 Å². The van der Waals surface area contributed by atoms with Gasteiger partial charge >= 0.3 is 0 Å². The second-order valence-electron chi connectivity index (χ2n) is 2.68. The summed E-state index contributed by atoms with van der Waals surface area (Å²) in [5.41, 5.74) is 2.94. The maximum Gasteiger partial charge on any atom is 0.00286 e. The van der Waals surface area contributed by atoms with Crippen LogP contribution in [0.15, 0.2) is 35.5 Å². The summed E-state index contributed by atoms with van der Waals surface area (Å²) in [4.78, 5) is 0. The van der Waals surface area contributed by atoms with Gasteiger partial charge in [0.15, 0.2) is 0 Å². The molecule has 0 unspecified atom stereocenters. The maximum atomic E-state index is 3.25. The molecule has 0 radical (unpaired) electrons. The second kappa shape index (κ2) is 4.55. The van der Waals surface area contributed by atoms with Crippen molar-refractivity contribution in [3.63, 3.8) is 0 Å². The molecule has 2 aliphatic rings. The Morgan fingerprint density at radius 1 is 1.27 bits per heavy atom. The van der Waals surface area contributed by atoms with Gasteiger partial charge in [0.1, 0.15) is 0 Å². The topological polar surface area (TPSA) is 0 Å². The minimum absolute atomic E-state index is 1.13. The Morgan fingerprint density at radius 2 is 1.73 bits per heavy atom. The summed E-state index contributed by atoms with van der Waals surface area (Å²) >= 11 is 3.25. The summed E-state index contributed by atoms with van der Waals surface area (Å²) in [6.07, 6.45) is 11.1. The van der Waals surface area contributed by atoms with Gasteiger partial charge in [0, 0.05) is 5.33 Å². The SMILES string of the molecule is C1=CC2=CC=C1C2.CCCBr. The Morgan fingerprint density at radius 3 is 1.82 bits per heavy atom. The second-order valence-corrected chi connectivity index (χ2v) is 3.48. The fourth-order valence-corrected chi connectivity index (χ4v) is 1.01. The highest BCUT2D eigenvalue weighted by Gasteiger charge is 2.07. The minimum atomic E-state index is 1.13. The molecule has 2 aliphatic carbocycles. The molecule has 2 bridgehead atoms. The Kier molecular flexibility index (Phi) is 3.64. The van der Waals surface area contributed by atoms with Crippen LogP contribution < -0.4 is 0 Å². The molecule has 0 saturated heterocycles. The largest absolute Gasteiger partial charge is 0.0928 e. The Hall–Kier alpha value is -0.300. The lowest BCUT2D eigenvalue weighted by Crippen LogP contribution is -1.59. The van der Waals surface area contributed by atoms with Gasteiger partial charge in [0.05, 0.1) is 0 Å². The van der Waals surface area contributed by atoms with E-state index in [1.807, 2.05) is 0 Å². The zero-order chi connectivity index (χ0) is 8.10. The van der Waals surface area contributed by atoms with Crippen LogP contribution in [0.1, 0.15) is 19.8 Å². The first kappa shape index (κ1) is 8.79. The molecule has 0 saturated carbocycles. The van der Waals surface area contributed by atoms with Crippen molar-refractivity contribution in [2.24, 2.45) is 0 Å². The summed E-state index contributed by atoms with van der Waals surface area (Å²) in [5.74, 6) is 0. The molecule has 0 heterocycles. The van der Waals surface area contributed by atoms with E-state index in [1.165, 1.54) is 24.0 Å². The van der Waals surface area contributed by atoms with Gasteiger partial charge in [-0.05, 0) is 24.0 Å². The lowest BCUT2D eigenvalue weighted by Gasteiger charge is -1.77. The number of halogens is 1. The first-order valence-electron chi connectivity index (χ1n) is 4.00. The monoisotopic (exact) mass is 212 g/mol. The average molecular weight is 213 g/mol. The van der Waals surface area contributed by atoms with Crippen molar-refractivity contribution in [3.8, 4) is 0 Å². The van der Waals surface area contributed by atoms with Crippen molar-refractivity contribution in [2.45, 2.75) is 19.8 Å². The summed E-state index contributed by atoms with van der Waals surface area (Å²) in [6.45, 7) is 2.13. The van der Waals surface area contributed by atoms with Gasteiger partial charge in [-0.2, -0.15) is 0 Å². The maximum absolute atomic E-state index is 3.25. The molecule has 0 nitrogen and oxygen atoms in total. The molecule has 0 amide bonds. The van der Waals surface area contributed by atoms with Gasteiger partial charge in [-0.25, -0.2) is 0 Å². The highest BCUT2D eigenvalue weighted by molar-refractivity contribution is 9.09. The number of rotatable bonds is 1. The number of hydrogen-bond donors (Lipinski definition) is 0. The van der Waals surface area contributed by atoms with Crippen LogP contribution in [0.4, 0.5) is 0 Å². The van der Waals surface area contributed by atoms with E-state index in [-0.39, 0.29) is 0 Å². The molecule has 60 valence electrons. The van der Waals surface area contributed by atoms with E-state index in [0.29, 0.717) is 0 Å². The van der Waals surface area contributed by atoms with Crippen molar-refractivity contribution >= 4 is 15.9 Å². The van der Waals surface area contributed by atoms with Gasteiger partial charge in [0.25, 0.3) is 0 Å². The molecule has 11 heavy (non-hydrogen) atoms.